The number of ether oxygens (including phenoxy) is 1. The predicted molar refractivity (Wildman–Crippen MR) is 130 cm³/mol. The Labute approximate surface area is 206 Å². The van der Waals surface area contributed by atoms with Crippen molar-refractivity contribution in [3.63, 3.8) is 0 Å². The molecule has 3 aromatic rings. The van der Waals surface area contributed by atoms with Crippen molar-refractivity contribution in [1.29, 1.82) is 0 Å². The molecule has 0 saturated carbocycles. The van der Waals surface area contributed by atoms with Crippen LogP contribution in [0.2, 0.25) is 0 Å². The van der Waals surface area contributed by atoms with E-state index in [0.717, 1.165) is 41.8 Å². The minimum Gasteiger partial charge on any atom is -0.444 e. The lowest BCUT2D eigenvalue weighted by molar-refractivity contribution is -0.137. The Morgan fingerprint density at radius 2 is 1.89 bits per heavy atom. The number of hydrogen-bond acceptors (Lipinski definition) is 6. The van der Waals surface area contributed by atoms with Crippen LogP contribution >= 0.6 is 0 Å². The zero-order valence-electron chi connectivity index (χ0n) is 20.1. The first-order valence-corrected chi connectivity index (χ1v) is 11.5. The number of amides is 1. The highest BCUT2D eigenvalue weighted by molar-refractivity contribution is 5.91. The van der Waals surface area contributed by atoms with E-state index in [1.54, 1.807) is 26.8 Å². The first-order chi connectivity index (χ1) is 16.9. The number of nitrogens with one attached hydrogen (secondary N) is 2. The quantitative estimate of drug-likeness (QED) is 0.382. The van der Waals surface area contributed by atoms with Gasteiger partial charge in [0.05, 0.1) is 16.9 Å². The number of anilines is 3. The lowest BCUT2D eigenvalue weighted by Crippen LogP contribution is -2.27. The van der Waals surface area contributed by atoms with Gasteiger partial charge in [-0.05, 0) is 62.9 Å². The molecule has 7 nitrogen and oxygen atoms in total. The van der Waals surface area contributed by atoms with Crippen molar-refractivity contribution >= 4 is 23.3 Å². The Balaban J connectivity index is 1.67. The van der Waals surface area contributed by atoms with Gasteiger partial charge in [-0.25, -0.2) is 14.8 Å². The number of fused-ring (bicyclic) bond motifs is 1. The fourth-order valence-corrected chi connectivity index (χ4v) is 4.22. The fraction of sp³-hybridized carbons (Fsp3) is 0.346. The van der Waals surface area contributed by atoms with Crippen molar-refractivity contribution < 1.29 is 27.8 Å². The van der Waals surface area contributed by atoms with Crippen molar-refractivity contribution in [2.24, 2.45) is 0 Å². The zero-order valence-corrected chi connectivity index (χ0v) is 20.1. The molecular weight excluding hydrogens is 473 g/mol. The minimum absolute atomic E-state index is 0.0788. The molecule has 2 aromatic carbocycles. The number of nitrogens with zero attached hydrogens (tertiary/aromatic N) is 2. The molecule has 4 rings (SSSR count). The van der Waals surface area contributed by atoms with Crippen molar-refractivity contribution in [3.05, 3.63) is 65.5 Å². The molecule has 3 N–H and O–H groups in total. The summed E-state index contributed by atoms with van der Waals surface area (Å²) in [6.45, 7) is 5.05. The van der Waals surface area contributed by atoms with E-state index >= 15 is 0 Å². The Hall–Kier alpha value is -3.66. The second kappa shape index (κ2) is 9.77. The number of aliphatic hydroxyl groups is 1. The van der Waals surface area contributed by atoms with E-state index in [0.29, 0.717) is 11.5 Å². The molecule has 1 aliphatic rings. The number of rotatable bonds is 5. The van der Waals surface area contributed by atoms with Crippen LogP contribution in [0.3, 0.4) is 0 Å². The smallest absolute Gasteiger partial charge is 0.416 e. The Kier molecular flexibility index (Phi) is 6.90. The average Bonchev–Trinajstić information content (AvgIpc) is 3.21. The average molecular weight is 501 g/mol. The topological polar surface area (TPSA) is 96.4 Å². The van der Waals surface area contributed by atoms with Gasteiger partial charge in [-0.2, -0.15) is 13.2 Å². The number of benzene rings is 2. The van der Waals surface area contributed by atoms with Crippen LogP contribution in [0, 0.1) is 0 Å². The third-order valence-electron chi connectivity index (χ3n) is 5.80. The Bertz CT molecular complexity index is 1270. The van der Waals surface area contributed by atoms with Gasteiger partial charge in [0.25, 0.3) is 0 Å². The van der Waals surface area contributed by atoms with Gasteiger partial charge in [0.1, 0.15) is 17.7 Å². The van der Waals surface area contributed by atoms with Gasteiger partial charge in [-0.15, -0.1) is 0 Å². The molecule has 0 fully saturated rings. The third kappa shape index (κ3) is 5.76. The summed E-state index contributed by atoms with van der Waals surface area (Å²) in [5, 5.41) is 15.3. The van der Waals surface area contributed by atoms with Gasteiger partial charge >= 0.3 is 12.3 Å². The molecule has 1 aliphatic carbocycles. The molecule has 1 unspecified atom stereocenters. The fourth-order valence-electron chi connectivity index (χ4n) is 4.22. The van der Waals surface area contributed by atoms with Crippen molar-refractivity contribution in [2.75, 3.05) is 17.2 Å². The predicted octanol–water partition coefficient (Wildman–Crippen LogP) is 6.28. The Morgan fingerprint density at radius 1 is 1.11 bits per heavy atom. The molecule has 0 saturated heterocycles. The molecule has 0 spiro atoms. The SMILES string of the molecule is CC(C)(C)OC(=O)Nc1cc(C(F)(F)F)ccc1-c1cc(Nc2cccc3c2CCC3CO)ncn1. The zero-order chi connectivity index (χ0) is 26.1. The normalized spacial score (nSPS) is 15.4. The number of hydrogen-bond donors (Lipinski definition) is 3. The summed E-state index contributed by atoms with van der Waals surface area (Å²) in [7, 11) is 0. The summed E-state index contributed by atoms with van der Waals surface area (Å²) in [5.74, 6) is 0.528. The molecule has 1 heterocycles. The van der Waals surface area contributed by atoms with E-state index in [2.05, 4.69) is 20.6 Å². The molecule has 36 heavy (non-hydrogen) atoms. The molecule has 1 aromatic heterocycles. The summed E-state index contributed by atoms with van der Waals surface area (Å²) in [6.07, 6.45) is -2.52. The monoisotopic (exact) mass is 500 g/mol. The minimum atomic E-state index is -4.60. The summed E-state index contributed by atoms with van der Waals surface area (Å²) in [4.78, 5) is 20.8. The lowest BCUT2D eigenvalue weighted by Gasteiger charge is -2.21. The maximum atomic E-state index is 13.4. The van der Waals surface area contributed by atoms with Crippen molar-refractivity contribution in [2.45, 2.75) is 51.3 Å². The molecule has 0 aliphatic heterocycles. The van der Waals surface area contributed by atoms with Gasteiger partial charge in [0.2, 0.25) is 0 Å². The maximum absolute atomic E-state index is 13.4. The van der Waals surface area contributed by atoms with E-state index < -0.39 is 23.4 Å². The number of halogens is 3. The highest BCUT2D eigenvalue weighted by Crippen LogP contribution is 2.39. The van der Waals surface area contributed by atoms with E-state index in [9.17, 15) is 23.1 Å². The molecule has 1 atom stereocenters. The van der Waals surface area contributed by atoms with E-state index in [-0.39, 0.29) is 23.8 Å². The van der Waals surface area contributed by atoms with Gasteiger partial charge in [0, 0.05) is 29.8 Å². The van der Waals surface area contributed by atoms with Gasteiger partial charge < -0.3 is 15.2 Å². The van der Waals surface area contributed by atoms with Crippen LogP contribution < -0.4 is 10.6 Å². The summed E-state index contributed by atoms with van der Waals surface area (Å²) < 4.78 is 45.4. The Morgan fingerprint density at radius 3 is 2.58 bits per heavy atom. The largest absolute Gasteiger partial charge is 0.444 e. The van der Waals surface area contributed by atoms with Gasteiger partial charge in [-0.3, -0.25) is 5.32 Å². The number of aromatic nitrogens is 2. The van der Waals surface area contributed by atoms with Gasteiger partial charge in [-0.1, -0.05) is 18.2 Å². The van der Waals surface area contributed by atoms with Crippen molar-refractivity contribution in [3.8, 4) is 11.3 Å². The van der Waals surface area contributed by atoms with Crippen LogP contribution in [0.4, 0.5) is 35.2 Å². The summed E-state index contributed by atoms with van der Waals surface area (Å²) >= 11 is 0. The molecule has 190 valence electrons. The van der Waals surface area contributed by atoms with E-state index in [4.69, 9.17) is 4.74 Å². The molecular formula is C26H27F3N4O3. The van der Waals surface area contributed by atoms with E-state index in [1.807, 2.05) is 18.2 Å². The third-order valence-corrected chi connectivity index (χ3v) is 5.80. The number of carbonyl (C=O) groups excluding carboxylic acids is 1. The van der Waals surface area contributed by atoms with Crippen LogP contribution in [0.15, 0.2) is 48.8 Å². The first-order valence-electron chi connectivity index (χ1n) is 11.5. The highest BCUT2D eigenvalue weighted by Gasteiger charge is 2.32. The molecule has 10 heteroatoms. The van der Waals surface area contributed by atoms with Crippen molar-refractivity contribution in [1.82, 2.24) is 9.97 Å². The lowest BCUT2D eigenvalue weighted by atomic mass is 10.0. The second-order valence-electron chi connectivity index (χ2n) is 9.59. The number of carbonyl (C=O) groups is 1. The van der Waals surface area contributed by atoms with Gasteiger partial charge in [0.15, 0.2) is 0 Å². The van der Waals surface area contributed by atoms with Crippen LogP contribution in [-0.2, 0) is 17.3 Å². The number of alkyl halides is 3. The van der Waals surface area contributed by atoms with Crippen LogP contribution in [0.1, 0.15) is 49.8 Å². The standard InChI is InChI=1S/C26H27F3N4O3/c1-25(2,3)36-24(35)33-22-11-16(26(27,28)29)8-10-19(22)21-12-23(31-14-30-21)32-20-6-4-5-17-15(13-34)7-9-18(17)20/h4-6,8,10-12,14-15,34H,7,9,13H2,1-3H3,(H,33,35)(H,30,31,32). The summed E-state index contributed by atoms with van der Waals surface area (Å²) in [6, 6.07) is 10.5. The van der Waals surface area contributed by atoms with Crippen LogP contribution in [-0.4, -0.2) is 33.4 Å². The van der Waals surface area contributed by atoms with E-state index in [1.165, 1.54) is 12.4 Å². The highest BCUT2D eigenvalue weighted by atomic mass is 19.4. The maximum Gasteiger partial charge on any atom is 0.416 e. The molecule has 0 radical (unpaired) electrons. The first kappa shape index (κ1) is 25.4. The summed E-state index contributed by atoms with van der Waals surface area (Å²) in [5.41, 5.74) is 1.78. The molecule has 1 amide bonds. The van der Waals surface area contributed by atoms with Crippen LogP contribution in [0.5, 0.6) is 0 Å². The molecule has 0 bridgehead atoms. The van der Waals surface area contributed by atoms with Crippen LogP contribution in [0.25, 0.3) is 11.3 Å². The second-order valence-corrected chi connectivity index (χ2v) is 9.59. The number of aliphatic hydroxyl groups excluding tert-OH is 1.